The number of rotatable bonds is 0. The number of halogens is 3. The minimum Gasteiger partial charge on any atom is -0.482 e. The van der Waals surface area contributed by atoms with E-state index in [4.69, 9.17) is 4.74 Å². The number of hydrogen-bond donors (Lipinski definition) is 2. The molecule has 0 aliphatic carbocycles. The first-order valence-electron chi connectivity index (χ1n) is 6.95. The minimum absolute atomic E-state index is 0. The van der Waals surface area contributed by atoms with Gasteiger partial charge < -0.3 is 10.1 Å². The fourth-order valence-electron chi connectivity index (χ4n) is 3.40. The van der Waals surface area contributed by atoms with Crippen molar-refractivity contribution in [3.8, 4) is 17.0 Å². The predicted molar refractivity (Wildman–Crippen MR) is 87.6 cm³/mol. The smallest absolute Gasteiger partial charge is 0.140 e. The lowest BCUT2D eigenvalue weighted by molar-refractivity contribution is 0.0299. The molecule has 0 unspecified atom stereocenters. The monoisotopic (exact) mass is 345 g/mol. The van der Waals surface area contributed by atoms with Gasteiger partial charge in [0, 0.05) is 35.7 Å². The van der Waals surface area contributed by atoms with Gasteiger partial charge in [0.2, 0.25) is 0 Å². The van der Waals surface area contributed by atoms with Crippen LogP contribution in [0.4, 0.5) is 4.39 Å². The zero-order chi connectivity index (χ0) is 13.7. The second-order valence-corrected chi connectivity index (χ2v) is 5.56. The van der Waals surface area contributed by atoms with Crippen molar-refractivity contribution in [2.45, 2.75) is 25.4 Å². The van der Waals surface area contributed by atoms with E-state index in [1.165, 1.54) is 12.1 Å². The van der Waals surface area contributed by atoms with Gasteiger partial charge in [0.1, 0.15) is 22.9 Å². The molecule has 0 radical (unpaired) electrons. The van der Waals surface area contributed by atoms with E-state index in [1.54, 1.807) is 6.07 Å². The summed E-state index contributed by atoms with van der Waals surface area (Å²) in [5.74, 6) is 0.328. The molecule has 0 atom stereocenters. The average Bonchev–Trinajstić information content (AvgIpc) is 2.83. The van der Waals surface area contributed by atoms with E-state index in [9.17, 15) is 4.39 Å². The topological polar surface area (TPSA) is 49.9 Å². The van der Waals surface area contributed by atoms with Gasteiger partial charge in [-0.1, -0.05) is 0 Å². The molecule has 2 aromatic rings. The maximum atomic E-state index is 13.5. The number of nitrogens with one attached hydrogen (secondary N) is 2. The highest BCUT2D eigenvalue weighted by atomic mass is 35.5. The van der Waals surface area contributed by atoms with Crippen LogP contribution in [0, 0.1) is 12.7 Å². The third kappa shape index (κ3) is 2.37. The number of nitrogens with zero attached hydrogens (tertiary/aromatic N) is 1. The second kappa shape index (κ2) is 6.07. The first-order valence-corrected chi connectivity index (χ1v) is 6.95. The molecule has 22 heavy (non-hydrogen) atoms. The van der Waals surface area contributed by atoms with Crippen LogP contribution in [0.2, 0.25) is 0 Å². The molecule has 3 heterocycles. The molecular weight excluding hydrogens is 328 g/mol. The van der Waals surface area contributed by atoms with Crippen LogP contribution in [0.15, 0.2) is 18.2 Å². The van der Waals surface area contributed by atoms with Crippen molar-refractivity contribution in [1.29, 1.82) is 0 Å². The zero-order valence-electron chi connectivity index (χ0n) is 12.1. The molecule has 1 saturated heterocycles. The van der Waals surface area contributed by atoms with Gasteiger partial charge >= 0.3 is 0 Å². The largest absolute Gasteiger partial charge is 0.482 e. The molecule has 2 N–H and O–H groups in total. The molecule has 0 bridgehead atoms. The van der Waals surface area contributed by atoms with Crippen molar-refractivity contribution in [1.82, 2.24) is 15.5 Å². The maximum absolute atomic E-state index is 13.5. The van der Waals surface area contributed by atoms with Crippen LogP contribution in [0.5, 0.6) is 5.75 Å². The number of ether oxygens (including phenoxy) is 1. The summed E-state index contributed by atoms with van der Waals surface area (Å²) in [4.78, 5) is 0. The number of fused-ring (bicyclic) bond motifs is 4. The van der Waals surface area contributed by atoms with Crippen molar-refractivity contribution < 1.29 is 9.13 Å². The molecule has 2 aliphatic heterocycles. The molecule has 7 heteroatoms. The summed E-state index contributed by atoms with van der Waals surface area (Å²) < 4.78 is 19.8. The Balaban J connectivity index is 0.000000882. The van der Waals surface area contributed by atoms with Crippen molar-refractivity contribution in [3.63, 3.8) is 0 Å². The second-order valence-electron chi connectivity index (χ2n) is 5.56. The highest BCUT2D eigenvalue weighted by molar-refractivity contribution is 5.85. The summed E-state index contributed by atoms with van der Waals surface area (Å²) in [7, 11) is 0. The lowest BCUT2D eigenvalue weighted by Gasteiger charge is -2.41. The number of aryl methyl sites for hydroxylation is 1. The van der Waals surface area contributed by atoms with E-state index in [0.717, 1.165) is 48.4 Å². The molecule has 1 fully saturated rings. The quantitative estimate of drug-likeness (QED) is 0.769. The molecule has 1 aromatic heterocycles. The van der Waals surface area contributed by atoms with Gasteiger partial charge in [0.15, 0.2) is 0 Å². The number of piperidine rings is 1. The summed E-state index contributed by atoms with van der Waals surface area (Å²) >= 11 is 0. The van der Waals surface area contributed by atoms with Crippen LogP contribution in [-0.2, 0) is 5.60 Å². The summed E-state index contributed by atoms with van der Waals surface area (Å²) in [6, 6.07) is 4.67. The highest BCUT2D eigenvalue weighted by Crippen LogP contribution is 2.49. The van der Waals surface area contributed by atoms with Gasteiger partial charge in [0.05, 0.1) is 0 Å². The Kier molecular flexibility index (Phi) is 4.70. The number of hydrogen-bond acceptors (Lipinski definition) is 3. The first-order chi connectivity index (χ1) is 9.70. The molecular formula is C15H18Cl2FN3O. The Bertz CT molecular complexity index is 683. The molecule has 2 aliphatic rings. The molecule has 0 amide bonds. The molecule has 120 valence electrons. The van der Waals surface area contributed by atoms with Gasteiger partial charge in [-0.15, -0.1) is 24.8 Å². The fourth-order valence-corrected chi connectivity index (χ4v) is 3.40. The van der Waals surface area contributed by atoms with Crippen LogP contribution < -0.4 is 10.1 Å². The van der Waals surface area contributed by atoms with E-state index in [0.29, 0.717) is 5.75 Å². The van der Waals surface area contributed by atoms with Crippen LogP contribution in [0.25, 0.3) is 11.3 Å². The molecule has 0 saturated carbocycles. The Morgan fingerprint density at radius 3 is 2.68 bits per heavy atom. The third-order valence-electron chi connectivity index (χ3n) is 4.32. The normalized spacial score (nSPS) is 17.5. The standard InChI is InChI=1S/C15H16FN3O.2ClH/c1-9-13-14(19-18-9)11-3-2-10(16)8-12(11)20-15(13)4-6-17-7-5-15;;/h2-3,8,17H,4-7H2,1H3,(H,18,19);2*1H. The maximum Gasteiger partial charge on any atom is 0.140 e. The van der Waals surface area contributed by atoms with Gasteiger partial charge in [-0.05, 0) is 32.1 Å². The van der Waals surface area contributed by atoms with Gasteiger partial charge in [-0.25, -0.2) is 4.39 Å². The molecule has 4 nitrogen and oxygen atoms in total. The third-order valence-corrected chi connectivity index (χ3v) is 4.32. The Morgan fingerprint density at radius 1 is 1.23 bits per heavy atom. The number of H-pyrrole nitrogens is 1. The number of aromatic amines is 1. The van der Waals surface area contributed by atoms with Gasteiger partial charge in [0.25, 0.3) is 0 Å². The van der Waals surface area contributed by atoms with E-state index in [1.807, 2.05) is 6.92 Å². The highest BCUT2D eigenvalue weighted by Gasteiger charge is 2.44. The Morgan fingerprint density at radius 2 is 1.95 bits per heavy atom. The number of benzene rings is 1. The van der Waals surface area contributed by atoms with E-state index in [-0.39, 0.29) is 36.2 Å². The Hall–Kier alpha value is -1.30. The lowest BCUT2D eigenvalue weighted by Crippen LogP contribution is -2.45. The summed E-state index contributed by atoms with van der Waals surface area (Å²) in [6.07, 6.45) is 1.74. The van der Waals surface area contributed by atoms with Crippen molar-refractivity contribution in [3.05, 3.63) is 35.3 Å². The van der Waals surface area contributed by atoms with Gasteiger partial charge in [-0.3, -0.25) is 5.10 Å². The van der Waals surface area contributed by atoms with E-state index in [2.05, 4.69) is 15.5 Å². The van der Waals surface area contributed by atoms with E-state index < -0.39 is 0 Å². The van der Waals surface area contributed by atoms with Crippen molar-refractivity contribution in [2.75, 3.05) is 13.1 Å². The van der Waals surface area contributed by atoms with Crippen molar-refractivity contribution in [2.24, 2.45) is 0 Å². The minimum atomic E-state index is -0.377. The van der Waals surface area contributed by atoms with Crippen LogP contribution in [-0.4, -0.2) is 23.3 Å². The van der Waals surface area contributed by atoms with E-state index >= 15 is 0 Å². The van der Waals surface area contributed by atoms with Crippen LogP contribution in [0.3, 0.4) is 0 Å². The molecule has 1 spiro atoms. The van der Waals surface area contributed by atoms with Crippen LogP contribution in [0.1, 0.15) is 24.1 Å². The average molecular weight is 346 g/mol. The number of aromatic nitrogens is 2. The summed E-state index contributed by atoms with van der Waals surface area (Å²) in [5.41, 5.74) is 3.58. The van der Waals surface area contributed by atoms with Gasteiger partial charge in [-0.2, -0.15) is 5.10 Å². The van der Waals surface area contributed by atoms with Crippen LogP contribution >= 0.6 is 24.8 Å². The lowest BCUT2D eigenvalue weighted by atomic mass is 9.80. The summed E-state index contributed by atoms with van der Waals surface area (Å²) in [6.45, 7) is 3.82. The molecule has 4 rings (SSSR count). The predicted octanol–water partition coefficient (Wildman–Crippen LogP) is 3.34. The SMILES string of the molecule is Cc1[nH]nc2c1C1(CCNCC1)Oc1cc(F)ccc1-2.Cl.Cl. The molecule has 1 aromatic carbocycles. The first kappa shape index (κ1) is 17.1. The fraction of sp³-hybridized carbons (Fsp3) is 0.400. The zero-order valence-corrected chi connectivity index (χ0v) is 13.7. The van der Waals surface area contributed by atoms with Crippen molar-refractivity contribution >= 4 is 24.8 Å². The summed E-state index contributed by atoms with van der Waals surface area (Å²) in [5, 5.41) is 10.8. The Labute approximate surface area is 140 Å².